The molecule has 0 saturated heterocycles. The second-order valence-electron chi connectivity index (χ2n) is 6.29. The number of carbonyl (C=O) groups is 2. The summed E-state index contributed by atoms with van der Waals surface area (Å²) in [6.07, 6.45) is 0.875. The molecule has 0 bridgehead atoms. The van der Waals surface area contributed by atoms with E-state index in [1.165, 1.54) is 12.5 Å². The number of hydrogen-bond acceptors (Lipinski definition) is 2. The molecule has 4 heteroatoms. The van der Waals surface area contributed by atoms with Crippen LogP contribution in [0, 0.1) is 6.92 Å². The fourth-order valence-corrected chi connectivity index (χ4v) is 3.16. The van der Waals surface area contributed by atoms with Gasteiger partial charge in [-0.25, -0.2) is 0 Å². The van der Waals surface area contributed by atoms with E-state index in [2.05, 4.69) is 6.07 Å². The van der Waals surface area contributed by atoms with Crippen LogP contribution in [0.25, 0.3) is 0 Å². The second-order valence-corrected chi connectivity index (χ2v) is 6.29. The zero-order chi connectivity index (χ0) is 17.1. The Kier molecular flexibility index (Phi) is 4.65. The van der Waals surface area contributed by atoms with Gasteiger partial charge in [0.25, 0.3) is 0 Å². The molecule has 0 atom stereocenters. The van der Waals surface area contributed by atoms with E-state index in [9.17, 15) is 9.59 Å². The number of fused-ring (bicyclic) bond motifs is 1. The number of para-hydroxylation sites is 1. The molecule has 4 nitrogen and oxygen atoms in total. The van der Waals surface area contributed by atoms with E-state index in [-0.39, 0.29) is 18.4 Å². The van der Waals surface area contributed by atoms with Crippen LogP contribution >= 0.6 is 0 Å². The van der Waals surface area contributed by atoms with Crippen LogP contribution in [0.5, 0.6) is 0 Å². The van der Waals surface area contributed by atoms with Gasteiger partial charge in [-0.1, -0.05) is 48.0 Å². The number of anilines is 1. The number of aryl methyl sites for hydroxylation is 1. The van der Waals surface area contributed by atoms with E-state index in [0.29, 0.717) is 13.1 Å². The van der Waals surface area contributed by atoms with Gasteiger partial charge in [0.1, 0.15) is 6.54 Å². The highest BCUT2D eigenvalue weighted by Crippen LogP contribution is 2.27. The number of rotatable bonds is 4. The molecule has 0 fully saturated rings. The smallest absolute Gasteiger partial charge is 0.246 e. The molecular formula is C20H22N2O2. The lowest BCUT2D eigenvalue weighted by molar-refractivity contribution is -0.134. The Morgan fingerprint density at radius 1 is 1.12 bits per heavy atom. The van der Waals surface area contributed by atoms with Gasteiger partial charge >= 0.3 is 0 Å². The van der Waals surface area contributed by atoms with Crippen molar-refractivity contribution in [2.45, 2.75) is 26.8 Å². The highest BCUT2D eigenvalue weighted by molar-refractivity contribution is 5.98. The van der Waals surface area contributed by atoms with Crippen LogP contribution in [0.2, 0.25) is 0 Å². The fourth-order valence-electron chi connectivity index (χ4n) is 3.16. The Morgan fingerprint density at radius 3 is 2.67 bits per heavy atom. The van der Waals surface area contributed by atoms with Gasteiger partial charge in [0.2, 0.25) is 11.8 Å². The number of carbonyl (C=O) groups excluding carboxylic acids is 2. The van der Waals surface area contributed by atoms with Crippen molar-refractivity contribution in [3.8, 4) is 0 Å². The monoisotopic (exact) mass is 322 g/mol. The maximum absolute atomic E-state index is 12.7. The zero-order valence-corrected chi connectivity index (χ0v) is 14.2. The van der Waals surface area contributed by atoms with E-state index in [1.54, 1.807) is 9.80 Å². The lowest BCUT2D eigenvalue weighted by Gasteiger charge is -2.24. The predicted octanol–water partition coefficient (Wildman–Crippen LogP) is 2.93. The number of amides is 2. The van der Waals surface area contributed by atoms with Crippen LogP contribution in [0.4, 0.5) is 5.69 Å². The number of hydrogen-bond donors (Lipinski definition) is 0. The van der Waals surface area contributed by atoms with Crippen LogP contribution in [-0.4, -0.2) is 29.8 Å². The topological polar surface area (TPSA) is 40.6 Å². The first-order chi connectivity index (χ1) is 11.5. The van der Waals surface area contributed by atoms with Gasteiger partial charge in [-0.2, -0.15) is 0 Å². The SMILES string of the molecule is CC(=O)N(CC(=O)N1CCc2ccccc21)Cc1cccc(C)c1. The first-order valence-electron chi connectivity index (χ1n) is 8.24. The number of benzene rings is 2. The molecule has 1 aliphatic rings. The molecule has 2 amide bonds. The molecule has 3 rings (SSSR count). The van der Waals surface area contributed by atoms with Crippen molar-refractivity contribution >= 4 is 17.5 Å². The third-order valence-corrected chi connectivity index (χ3v) is 4.42. The third kappa shape index (κ3) is 3.48. The van der Waals surface area contributed by atoms with E-state index in [1.807, 2.05) is 49.4 Å². The van der Waals surface area contributed by atoms with E-state index in [4.69, 9.17) is 0 Å². The highest BCUT2D eigenvalue weighted by atomic mass is 16.2. The molecule has 1 heterocycles. The molecule has 124 valence electrons. The van der Waals surface area contributed by atoms with Crippen molar-refractivity contribution in [1.82, 2.24) is 4.90 Å². The van der Waals surface area contributed by atoms with Crippen molar-refractivity contribution in [2.24, 2.45) is 0 Å². The minimum atomic E-state index is -0.0858. The molecule has 0 unspecified atom stereocenters. The van der Waals surface area contributed by atoms with Crippen LogP contribution in [0.3, 0.4) is 0 Å². The maximum Gasteiger partial charge on any atom is 0.246 e. The largest absolute Gasteiger partial charge is 0.329 e. The summed E-state index contributed by atoms with van der Waals surface area (Å²) in [5.41, 5.74) is 4.36. The van der Waals surface area contributed by atoms with Crippen molar-refractivity contribution in [1.29, 1.82) is 0 Å². The molecule has 0 aliphatic carbocycles. The van der Waals surface area contributed by atoms with Crippen LogP contribution in [0.1, 0.15) is 23.6 Å². The molecule has 0 aromatic heterocycles. The number of nitrogens with zero attached hydrogens (tertiary/aromatic N) is 2. The van der Waals surface area contributed by atoms with Crippen LogP contribution in [0.15, 0.2) is 48.5 Å². The molecular weight excluding hydrogens is 300 g/mol. The predicted molar refractivity (Wildman–Crippen MR) is 94.8 cm³/mol. The van der Waals surface area contributed by atoms with Gasteiger partial charge < -0.3 is 9.80 Å². The summed E-state index contributed by atoms with van der Waals surface area (Å²) in [6.45, 7) is 4.79. The lowest BCUT2D eigenvalue weighted by atomic mass is 10.1. The summed E-state index contributed by atoms with van der Waals surface area (Å²) in [5.74, 6) is -0.111. The average Bonchev–Trinajstić information content (AvgIpc) is 2.98. The van der Waals surface area contributed by atoms with Gasteiger partial charge in [-0.3, -0.25) is 9.59 Å². The van der Waals surface area contributed by atoms with Crippen LogP contribution in [-0.2, 0) is 22.6 Å². The zero-order valence-electron chi connectivity index (χ0n) is 14.2. The Labute approximate surface area is 142 Å². The fraction of sp³-hybridized carbons (Fsp3) is 0.300. The quantitative estimate of drug-likeness (QED) is 0.868. The maximum atomic E-state index is 12.7. The normalized spacial score (nSPS) is 12.8. The first kappa shape index (κ1) is 16.2. The summed E-state index contributed by atoms with van der Waals surface area (Å²) in [6, 6.07) is 16.0. The molecule has 2 aromatic carbocycles. The molecule has 24 heavy (non-hydrogen) atoms. The van der Waals surface area contributed by atoms with E-state index in [0.717, 1.165) is 23.2 Å². The summed E-state index contributed by atoms with van der Waals surface area (Å²) < 4.78 is 0. The lowest BCUT2D eigenvalue weighted by Crippen LogP contribution is -2.41. The molecule has 0 radical (unpaired) electrons. The van der Waals surface area contributed by atoms with E-state index < -0.39 is 0 Å². The van der Waals surface area contributed by atoms with Crippen molar-refractivity contribution in [3.63, 3.8) is 0 Å². The standard InChI is InChI=1S/C20H22N2O2/c1-15-6-5-7-17(12-15)13-21(16(2)23)14-20(24)22-11-10-18-8-3-4-9-19(18)22/h3-9,12H,10-11,13-14H2,1-2H3. The van der Waals surface area contributed by atoms with E-state index >= 15 is 0 Å². The van der Waals surface area contributed by atoms with Gasteiger partial charge in [0.15, 0.2) is 0 Å². The minimum Gasteiger partial charge on any atom is -0.329 e. The average molecular weight is 322 g/mol. The molecule has 0 spiro atoms. The third-order valence-electron chi connectivity index (χ3n) is 4.42. The minimum absolute atomic E-state index is 0.0252. The molecule has 0 N–H and O–H groups in total. The molecule has 0 saturated carbocycles. The van der Waals surface area contributed by atoms with Gasteiger partial charge in [-0.15, -0.1) is 0 Å². The first-order valence-corrected chi connectivity index (χ1v) is 8.24. The Morgan fingerprint density at radius 2 is 1.92 bits per heavy atom. The summed E-state index contributed by atoms with van der Waals surface area (Å²) in [7, 11) is 0. The molecule has 1 aliphatic heterocycles. The highest BCUT2D eigenvalue weighted by Gasteiger charge is 2.26. The molecule has 2 aromatic rings. The van der Waals surface area contributed by atoms with Crippen molar-refractivity contribution in [2.75, 3.05) is 18.0 Å². The van der Waals surface area contributed by atoms with Gasteiger partial charge in [0.05, 0.1) is 0 Å². The second kappa shape index (κ2) is 6.87. The van der Waals surface area contributed by atoms with Crippen molar-refractivity contribution < 1.29 is 9.59 Å². The van der Waals surface area contributed by atoms with Crippen LogP contribution < -0.4 is 4.90 Å². The Bertz CT molecular complexity index is 770. The Hall–Kier alpha value is -2.62. The Balaban J connectivity index is 1.72. The summed E-state index contributed by atoms with van der Waals surface area (Å²) in [4.78, 5) is 28.1. The van der Waals surface area contributed by atoms with Crippen molar-refractivity contribution in [3.05, 3.63) is 65.2 Å². The van der Waals surface area contributed by atoms with Gasteiger partial charge in [0, 0.05) is 25.7 Å². The summed E-state index contributed by atoms with van der Waals surface area (Å²) >= 11 is 0. The summed E-state index contributed by atoms with van der Waals surface area (Å²) in [5, 5.41) is 0. The van der Waals surface area contributed by atoms with Gasteiger partial charge in [-0.05, 0) is 30.5 Å².